The molecule has 4 rings (SSSR count). The number of carbonyl (C=O) groups is 4. The molecule has 0 atom stereocenters. The van der Waals surface area contributed by atoms with Gasteiger partial charge in [-0.25, -0.2) is 9.59 Å². The highest BCUT2D eigenvalue weighted by Crippen LogP contribution is 2.30. The van der Waals surface area contributed by atoms with Crippen LogP contribution in [-0.2, 0) is 25.5 Å². The summed E-state index contributed by atoms with van der Waals surface area (Å²) in [6.07, 6.45) is 3.23. The van der Waals surface area contributed by atoms with Crippen LogP contribution in [-0.4, -0.2) is 55.0 Å². The molecule has 1 aliphatic heterocycles. The van der Waals surface area contributed by atoms with Gasteiger partial charge in [0.25, 0.3) is 11.8 Å². The van der Waals surface area contributed by atoms with Crippen molar-refractivity contribution < 1.29 is 42.5 Å². The predicted octanol–water partition coefficient (Wildman–Crippen LogP) is 4.84. The van der Waals surface area contributed by atoms with Crippen molar-refractivity contribution in [3.63, 3.8) is 0 Å². The fourth-order valence-corrected chi connectivity index (χ4v) is 4.07. The quantitative estimate of drug-likeness (QED) is 0.0940. The number of carbonyl (C=O) groups excluding carboxylic acids is 4. The van der Waals surface area contributed by atoms with Gasteiger partial charge in [0.2, 0.25) is 5.83 Å². The van der Waals surface area contributed by atoms with Crippen LogP contribution < -0.4 is 14.2 Å². The van der Waals surface area contributed by atoms with Gasteiger partial charge in [0, 0.05) is 12.2 Å². The van der Waals surface area contributed by atoms with Gasteiger partial charge in [-0.3, -0.25) is 14.5 Å². The number of rotatable bonds is 13. The molecule has 3 aromatic rings. The molecular weight excluding hydrogens is 545 g/mol. The molecule has 42 heavy (non-hydrogen) atoms. The van der Waals surface area contributed by atoms with E-state index >= 15 is 0 Å². The molecule has 0 bridgehead atoms. The third kappa shape index (κ3) is 7.69. The van der Waals surface area contributed by atoms with Crippen molar-refractivity contribution in [1.82, 2.24) is 4.90 Å². The van der Waals surface area contributed by atoms with Crippen molar-refractivity contribution >= 4 is 23.8 Å². The number of hydrogen-bond donors (Lipinski definition) is 0. The number of nitrogens with zero attached hydrogens (tertiary/aromatic N) is 1. The Balaban J connectivity index is 1.29. The van der Waals surface area contributed by atoms with Crippen LogP contribution in [0.1, 0.15) is 22.8 Å². The van der Waals surface area contributed by atoms with Crippen LogP contribution in [0.25, 0.3) is 11.1 Å². The summed E-state index contributed by atoms with van der Waals surface area (Å²) in [7, 11) is 0. The third-order valence-electron chi connectivity index (χ3n) is 6.21. The smallest absolute Gasteiger partial charge is 0.366 e. The van der Waals surface area contributed by atoms with Crippen LogP contribution in [0, 0.1) is 0 Å². The van der Waals surface area contributed by atoms with E-state index in [1.807, 2.05) is 37.3 Å². The Kier molecular flexibility index (Phi) is 9.83. The van der Waals surface area contributed by atoms with E-state index in [9.17, 15) is 23.6 Å². The Bertz CT molecular complexity index is 1490. The number of benzene rings is 3. The van der Waals surface area contributed by atoms with Gasteiger partial charge >= 0.3 is 11.9 Å². The number of halogens is 1. The van der Waals surface area contributed by atoms with Crippen LogP contribution in [0.4, 0.5) is 4.39 Å². The van der Waals surface area contributed by atoms with Crippen LogP contribution in [0.15, 0.2) is 91.3 Å². The van der Waals surface area contributed by atoms with Gasteiger partial charge < -0.3 is 18.9 Å². The number of hydrogen-bond acceptors (Lipinski definition) is 8. The maximum atomic E-state index is 12.6. The first kappa shape index (κ1) is 29.7. The Morgan fingerprint density at radius 3 is 2.07 bits per heavy atom. The van der Waals surface area contributed by atoms with Gasteiger partial charge in [-0.1, -0.05) is 31.7 Å². The summed E-state index contributed by atoms with van der Waals surface area (Å²) in [4.78, 5) is 48.1. The summed E-state index contributed by atoms with van der Waals surface area (Å²) in [5, 5.41) is 0. The van der Waals surface area contributed by atoms with Crippen LogP contribution in [0.5, 0.6) is 17.2 Å². The lowest BCUT2D eigenvalue weighted by molar-refractivity contribution is -0.141. The van der Waals surface area contributed by atoms with Gasteiger partial charge in [-0.05, 0) is 71.6 Å². The SMILES string of the molecule is C=C(F)C(=O)OCCOc1ccc(C(=O)Oc2ccc(-c3ccc(OCCN4C(=O)C=CC4=O)cc3CC)cc2)cc1. The van der Waals surface area contributed by atoms with E-state index in [2.05, 4.69) is 11.3 Å². The van der Waals surface area contributed by atoms with Crippen LogP contribution in [0.3, 0.4) is 0 Å². The molecule has 0 saturated carbocycles. The highest BCUT2D eigenvalue weighted by Gasteiger charge is 2.22. The number of esters is 2. The van der Waals surface area contributed by atoms with Gasteiger partial charge in [-0.2, -0.15) is 4.39 Å². The number of imide groups is 1. The second kappa shape index (κ2) is 13.9. The zero-order valence-corrected chi connectivity index (χ0v) is 22.8. The van der Waals surface area contributed by atoms with Gasteiger partial charge in [-0.15, -0.1) is 0 Å². The summed E-state index contributed by atoms with van der Waals surface area (Å²) >= 11 is 0. The minimum atomic E-state index is -1.18. The highest BCUT2D eigenvalue weighted by molar-refractivity contribution is 6.12. The molecule has 0 saturated heterocycles. The second-order valence-electron chi connectivity index (χ2n) is 9.01. The van der Waals surface area contributed by atoms with E-state index < -0.39 is 17.8 Å². The lowest BCUT2D eigenvalue weighted by Gasteiger charge is -2.16. The molecule has 3 aromatic carbocycles. The largest absolute Gasteiger partial charge is 0.492 e. The molecule has 9 nitrogen and oxygen atoms in total. The van der Waals surface area contributed by atoms with Crippen molar-refractivity contribution in [3.8, 4) is 28.4 Å². The molecular formula is C32H28FNO8. The minimum absolute atomic E-state index is 0.00560. The number of aryl methyl sites for hydroxylation is 1. The van der Waals surface area contributed by atoms with E-state index in [4.69, 9.17) is 14.2 Å². The van der Waals surface area contributed by atoms with Crippen molar-refractivity contribution in [3.05, 3.63) is 102 Å². The monoisotopic (exact) mass is 573 g/mol. The fourth-order valence-electron chi connectivity index (χ4n) is 4.07. The summed E-state index contributed by atoms with van der Waals surface area (Å²) in [5.41, 5.74) is 3.28. The molecule has 0 aromatic heterocycles. The summed E-state index contributed by atoms with van der Waals surface area (Å²) < 4.78 is 33.9. The maximum absolute atomic E-state index is 12.6. The summed E-state index contributed by atoms with van der Waals surface area (Å²) in [6, 6.07) is 19.0. The lowest BCUT2D eigenvalue weighted by Crippen LogP contribution is -2.33. The van der Waals surface area contributed by atoms with Crippen LogP contribution in [0.2, 0.25) is 0 Å². The normalized spacial score (nSPS) is 12.3. The average Bonchev–Trinajstić information content (AvgIpc) is 3.32. The lowest BCUT2D eigenvalue weighted by atomic mass is 9.98. The van der Waals surface area contributed by atoms with Gasteiger partial charge in [0.15, 0.2) is 0 Å². The molecule has 2 amide bonds. The topological polar surface area (TPSA) is 108 Å². The molecule has 216 valence electrons. The highest BCUT2D eigenvalue weighted by atomic mass is 19.1. The molecule has 0 aliphatic carbocycles. The summed E-state index contributed by atoms with van der Waals surface area (Å²) in [6.45, 7) is 5.09. The number of amides is 2. The van der Waals surface area contributed by atoms with E-state index in [0.717, 1.165) is 28.0 Å². The molecule has 1 heterocycles. The van der Waals surface area contributed by atoms with Crippen molar-refractivity contribution in [1.29, 1.82) is 0 Å². The second-order valence-corrected chi connectivity index (χ2v) is 9.01. The standard InChI is InChI=1S/C32H28FNO8/c1-3-22-20-27(39-17-16-34-29(35)14-15-30(34)36)12-13-28(22)23-4-10-26(11-5-23)42-32(38)24-6-8-25(9-7-24)40-18-19-41-31(37)21(2)33/h4-15,20H,2-3,16-19H2,1H3. The first-order chi connectivity index (χ1) is 20.2. The van der Waals surface area contributed by atoms with E-state index in [0.29, 0.717) is 22.8 Å². The first-order valence-corrected chi connectivity index (χ1v) is 13.1. The Morgan fingerprint density at radius 2 is 1.43 bits per heavy atom. The van der Waals surface area contributed by atoms with Crippen molar-refractivity contribution in [2.24, 2.45) is 0 Å². The zero-order valence-electron chi connectivity index (χ0n) is 22.8. The molecule has 0 unspecified atom stereocenters. The van der Waals surface area contributed by atoms with Crippen molar-refractivity contribution in [2.45, 2.75) is 13.3 Å². The average molecular weight is 574 g/mol. The predicted molar refractivity (Wildman–Crippen MR) is 151 cm³/mol. The Hall–Kier alpha value is -5.25. The molecule has 1 aliphatic rings. The minimum Gasteiger partial charge on any atom is -0.492 e. The van der Waals surface area contributed by atoms with Crippen molar-refractivity contribution in [2.75, 3.05) is 26.4 Å². The molecule has 10 heteroatoms. The molecule has 0 fully saturated rings. The third-order valence-corrected chi connectivity index (χ3v) is 6.21. The van der Waals surface area contributed by atoms with E-state index in [1.54, 1.807) is 24.3 Å². The molecule has 0 radical (unpaired) electrons. The van der Waals surface area contributed by atoms with E-state index in [1.165, 1.54) is 24.3 Å². The molecule has 0 N–H and O–H groups in total. The maximum Gasteiger partial charge on any atom is 0.366 e. The zero-order chi connectivity index (χ0) is 30.1. The Labute approximate surface area is 241 Å². The van der Waals surface area contributed by atoms with Crippen LogP contribution >= 0.6 is 0 Å². The van der Waals surface area contributed by atoms with Gasteiger partial charge in [0.05, 0.1) is 12.1 Å². The molecule has 0 spiro atoms. The first-order valence-electron chi connectivity index (χ1n) is 13.1. The number of ether oxygens (including phenoxy) is 4. The summed E-state index contributed by atoms with van der Waals surface area (Å²) in [5.74, 6) is -2.10. The Morgan fingerprint density at radius 1 is 0.810 bits per heavy atom. The van der Waals surface area contributed by atoms with Gasteiger partial charge in [0.1, 0.15) is 37.1 Å². The fraction of sp³-hybridized carbons (Fsp3) is 0.188. The van der Waals surface area contributed by atoms with E-state index in [-0.39, 0.29) is 38.2 Å².